The number of anilines is 1. The van der Waals surface area contributed by atoms with Crippen molar-refractivity contribution in [1.82, 2.24) is 14.0 Å². The Bertz CT molecular complexity index is 1160. The summed E-state index contributed by atoms with van der Waals surface area (Å²) in [5, 5.41) is 0. The van der Waals surface area contributed by atoms with Gasteiger partial charge in [0.15, 0.2) is 0 Å². The summed E-state index contributed by atoms with van der Waals surface area (Å²) in [6.45, 7) is 15.8. The zero-order valence-corrected chi connectivity index (χ0v) is 22.6. The van der Waals surface area contributed by atoms with Gasteiger partial charge in [-0.15, -0.1) is 0 Å². The van der Waals surface area contributed by atoms with Gasteiger partial charge in [-0.1, -0.05) is 0 Å². The first-order valence-electron chi connectivity index (χ1n) is 12.7. The van der Waals surface area contributed by atoms with Crippen LogP contribution in [0.25, 0.3) is 0 Å². The lowest BCUT2D eigenvalue weighted by molar-refractivity contribution is 0.0600. The first kappa shape index (κ1) is 27.5. The Morgan fingerprint density at radius 1 is 0.944 bits per heavy atom. The molecule has 0 radical (unpaired) electrons. The number of ether oxygens (including phenoxy) is 2. The van der Waals surface area contributed by atoms with E-state index in [9.17, 15) is 14.4 Å². The summed E-state index contributed by atoms with van der Waals surface area (Å²) in [5.41, 5.74) is -0.389. The molecule has 9 nitrogen and oxygen atoms in total. The Hall–Kier alpha value is -3.07. The third kappa shape index (κ3) is 6.37. The molecule has 3 rings (SSSR count). The lowest BCUT2D eigenvalue weighted by atomic mass is 10.0. The van der Waals surface area contributed by atoms with Crippen LogP contribution in [0.1, 0.15) is 70.4 Å². The second-order valence-corrected chi connectivity index (χ2v) is 10.5. The number of hydrogen-bond acceptors (Lipinski definition) is 7. The second kappa shape index (κ2) is 11.3. The third-order valence-electron chi connectivity index (χ3n) is 6.58. The van der Waals surface area contributed by atoms with Gasteiger partial charge in [-0.25, -0.2) is 9.59 Å². The predicted octanol–water partition coefficient (Wildman–Crippen LogP) is 3.33. The number of rotatable bonds is 9. The Morgan fingerprint density at radius 2 is 1.53 bits per heavy atom. The average molecular weight is 501 g/mol. The molecule has 0 N–H and O–H groups in total. The van der Waals surface area contributed by atoms with Crippen LogP contribution in [0.3, 0.4) is 0 Å². The molecule has 1 aromatic carbocycles. The number of benzene rings is 1. The summed E-state index contributed by atoms with van der Waals surface area (Å²) in [5.74, 6) is 1.04. The van der Waals surface area contributed by atoms with Gasteiger partial charge in [-0.3, -0.25) is 18.8 Å². The molecule has 1 aromatic heterocycles. The predicted molar refractivity (Wildman–Crippen MR) is 141 cm³/mol. The van der Waals surface area contributed by atoms with Crippen LogP contribution in [-0.4, -0.2) is 65.4 Å². The smallest absolute Gasteiger partial charge is 0.337 e. The number of carbonyl (C=O) groups is 1. The molecule has 0 spiro atoms. The van der Waals surface area contributed by atoms with Crippen molar-refractivity contribution in [2.75, 3.05) is 44.7 Å². The monoisotopic (exact) mass is 500 g/mol. The minimum atomic E-state index is -0.386. The van der Waals surface area contributed by atoms with Crippen LogP contribution in [0.4, 0.5) is 5.82 Å². The first-order valence-corrected chi connectivity index (χ1v) is 12.7. The minimum absolute atomic E-state index is 0.0456. The molecule has 2 heterocycles. The van der Waals surface area contributed by atoms with Crippen molar-refractivity contribution in [1.29, 1.82) is 0 Å². The molecule has 0 unspecified atom stereocenters. The number of methoxy groups -OCH3 is 1. The summed E-state index contributed by atoms with van der Waals surface area (Å²) in [7, 11) is 1.36. The Kier molecular flexibility index (Phi) is 8.66. The van der Waals surface area contributed by atoms with Crippen LogP contribution in [-0.2, 0) is 4.74 Å². The van der Waals surface area contributed by atoms with Gasteiger partial charge in [-0.05, 0) is 72.2 Å². The van der Waals surface area contributed by atoms with E-state index in [1.165, 1.54) is 11.7 Å². The highest BCUT2D eigenvalue weighted by Crippen LogP contribution is 2.23. The van der Waals surface area contributed by atoms with Crippen molar-refractivity contribution in [2.24, 2.45) is 0 Å². The van der Waals surface area contributed by atoms with E-state index >= 15 is 0 Å². The molecule has 1 aliphatic heterocycles. The van der Waals surface area contributed by atoms with Crippen molar-refractivity contribution >= 4 is 11.8 Å². The van der Waals surface area contributed by atoms with E-state index in [2.05, 4.69) is 23.6 Å². The fourth-order valence-electron chi connectivity index (χ4n) is 4.54. The number of carbonyl (C=O) groups excluding carboxylic acids is 1. The van der Waals surface area contributed by atoms with E-state index < -0.39 is 0 Å². The van der Waals surface area contributed by atoms with Crippen LogP contribution in [0.2, 0.25) is 0 Å². The molecule has 1 fully saturated rings. The van der Waals surface area contributed by atoms with E-state index in [4.69, 9.17) is 9.47 Å². The summed E-state index contributed by atoms with van der Waals surface area (Å²) in [6, 6.07) is 8.36. The topological polar surface area (TPSA) is 86.0 Å². The first-order chi connectivity index (χ1) is 16.9. The molecule has 198 valence electrons. The van der Waals surface area contributed by atoms with Crippen LogP contribution < -0.4 is 20.9 Å². The molecule has 0 atom stereocenters. The number of piperazine rings is 1. The van der Waals surface area contributed by atoms with Gasteiger partial charge in [0.2, 0.25) is 0 Å². The molecule has 0 saturated carbocycles. The highest BCUT2D eigenvalue weighted by atomic mass is 16.5. The van der Waals surface area contributed by atoms with Gasteiger partial charge in [0, 0.05) is 50.9 Å². The number of aromatic nitrogens is 2. The Morgan fingerprint density at radius 3 is 2.06 bits per heavy atom. The van der Waals surface area contributed by atoms with Gasteiger partial charge in [0.1, 0.15) is 17.2 Å². The van der Waals surface area contributed by atoms with Gasteiger partial charge in [0.25, 0.3) is 5.56 Å². The third-order valence-corrected chi connectivity index (χ3v) is 6.58. The van der Waals surface area contributed by atoms with Gasteiger partial charge in [-0.2, -0.15) is 0 Å². The van der Waals surface area contributed by atoms with Crippen LogP contribution >= 0.6 is 0 Å². The highest BCUT2D eigenvalue weighted by Gasteiger charge is 2.26. The molecule has 0 amide bonds. The van der Waals surface area contributed by atoms with E-state index in [1.807, 2.05) is 27.7 Å². The standard InChI is InChI=1S/C27H40N4O5/c1-19(2)30-23(18-24(32)31(20(3)4)26(30)34)29-16-14-28(15-17-29)13-12-27(5,6)36-22-10-8-21(9-11-22)25(33)35-7/h8-11,18-20H,12-17H2,1-7H3. The number of esters is 1. The zero-order valence-electron chi connectivity index (χ0n) is 22.6. The maximum absolute atomic E-state index is 13.1. The van der Waals surface area contributed by atoms with Gasteiger partial charge < -0.3 is 14.4 Å². The molecule has 9 heteroatoms. The van der Waals surface area contributed by atoms with Crippen molar-refractivity contribution in [3.8, 4) is 5.75 Å². The maximum atomic E-state index is 13.1. The Labute approximate surface area is 213 Å². The lowest BCUT2D eigenvalue weighted by Gasteiger charge is -2.38. The summed E-state index contributed by atoms with van der Waals surface area (Å²) >= 11 is 0. The molecule has 1 saturated heterocycles. The molecular weight excluding hydrogens is 460 g/mol. The molecule has 36 heavy (non-hydrogen) atoms. The van der Waals surface area contributed by atoms with E-state index in [1.54, 1.807) is 34.9 Å². The van der Waals surface area contributed by atoms with Crippen LogP contribution in [0.5, 0.6) is 5.75 Å². The largest absolute Gasteiger partial charge is 0.488 e. The lowest BCUT2D eigenvalue weighted by Crippen LogP contribution is -2.51. The van der Waals surface area contributed by atoms with Crippen molar-refractivity contribution < 1.29 is 14.3 Å². The van der Waals surface area contributed by atoms with Gasteiger partial charge >= 0.3 is 11.7 Å². The van der Waals surface area contributed by atoms with Crippen molar-refractivity contribution in [3.63, 3.8) is 0 Å². The van der Waals surface area contributed by atoms with E-state index in [-0.39, 0.29) is 34.9 Å². The van der Waals surface area contributed by atoms with Gasteiger partial charge in [0.05, 0.1) is 12.7 Å². The van der Waals surface area contributed by atoms with Crippen molar-refractivity contribution in [3.05, 3.63) is 56.7 Å². The summed E-state index contributed by atoms with van der Waals surface area (Å²) < 4.78 is 14.0. The molecule has 2 aromatic rings. The summed E-state index contributed by atoms with van der Waals surface area (Å²) in [4.78, 5) is 41.9. The normalized spacial score (nSPS) is 15.0. The van der Waals surface area contributed by atoms with Crippen LogP contribution in [0.15, 0.2) is 39.9 Å². The zero-order chi connectivity index (χ0) is 26.6. The van der Waals surface area contributed by atoms with Crippen molar-refractivity contribution in [2.45, 2.75) is 65.6 Å². The minimum Gasteiger partial charge on any atom is -0.488 e. The van der Waals surface area contributed by atoms with E-state index in [0.29, 0.717) is 17.1 Å². The SMILES string of the molecule is COC(=O)c1ccc(OC(C)(C)CCN2CCN(c3cc(=O)n(C(C)C)c(=O)n3C(C)C)CC2)cc1. The highest BCUT2D eigenvalue weighted by molar-refractivity contribution is 5.89. The Balaban J connectivity index is 1.60. The molecule has 0 aliphatic carbocycles. The maximum Gasteiger partial charge on any atom is 0.337 e. The fourth-order valence-corrected chi connectivity index (χ4v) is 4.54. The number of nitrogens with zero attached hydrogens (tertiary/aromatic N) is 4. The van der Waals surface area contributed by atoms with E-state index in [0.717, 1.165) is 39.1 Å². The quantitative estimate of drug-likeness (QED) is 0.488. The number of hydrogen-bond donors (Lipinski definition) is 0. The average Bonchev–Trinajstić information content (AvgIpc) is 2.82. The fraction of sp³-hybridized carbons (Fsp3) is 0.593. The van der Waals surface area contributed by atoms with Crippen LogP contribution in [0, 0.1) is 0 Å². The molecule has 0 bridgehead atoms. The molecular formula is C27H40N4O5. The second-order valence-electron chi connectivity index (χ2n) is 10.5. The summed E-state index contributed by atoms with van der Waals surface area (Å²) in [6.07, 6.45) is 0.826. The molecule has 1 aliphatic rings.